The number of ether oxygens (including phenoxy) is 2. The second-order valence-electron chi connectivity index (χ2n) is 6.77. The molecule has 0 aliphatic carbocycles. The molecule has 1 N–H and O–H groups in total. The number of hydrogen-bond acceptors (Lipinski definition) is 4. The number of carbonyl (C=O) groups is 2. The first kappa shape index (κ1) is 17.7. The van der Waals surface area contributed by atoms with Crippen LogP contribution in [0.3, 0.4) is 0 Å². The van der Waals surface area contributed by atoms with E-state index in [0.717, 1.165) is 12.0 Å². The van der Waals surface area contributed by atoms with E-state index in [1.807, 2.05) is 30.3 Å². The highest BCUT2D eigenvalue weighted by molar-refractivity contribution is 6.32. The number of imide groups is 1. The van der Waals surface area contributed by atoms with E-state index in [-0.39, 0.29) is 12.5 Å². The zero-order valence-corrected chi connectivity index (χ0v) is 15.6. The van der Waals surface area contributed by atoms with Gasteiger partial charge in [-0.3, -0.25) is 9.69 Å². The molecule has 140 valence electrons. The molecular weight excluding hydrogens is 368 g/mol. The van der Waals surface area contributed by atoms with Crippen molar-refractivity contribution >= 4 is 23.5 Å². The van der Waals surface area contributed by atoms with Crippen LogP contribution in [0.2, 0.25) is 5.02 Å². The van der Waals surface area contributed by atoms with Gasteiger partial charge in [-0.1, -0.05) is 41.9 Å². The number of carbonyl (C=O) groups excluding carboxylic acids is 2. The average molecular weight is 387 g/mol. The number of rotatable bonds is 3. The van der Waals surface area contributed by atoms with E-state index in [9.17, 15) is 9.59 Å². The highest BCUT2D eigenvalue weighted by Gasteiger charge is 2.48. The minimum Gasteiger partial charge on any atom is -0.489 e. The predicted molar refractivity (Wildman–Crippen MR) is 99.9 cm³/mol. The Balaban J connectivity index is 1.62. The van der Waals surface area contributed by atoms with Crippen LogP contribution in [0.25, 0.3) is 0 Å². The minimum absolute atomic E-state index is 0.101. The van der Waals surface area contributed by atoms with Gasteiger partial charge < -0.3 is 14.8 Å². The largest absolute Gasteiger partial charge is 0.489 e. The zero-order chi connectivity index (χ0) is 19.0. The topological polar surface area (TPSA) is 67.9 Å². The van der Waals surface area contributed by atoms with Gasteiger partial charge in [0.2, 0.25) is 0 Å². The fourth-order valence-corrected chi connectivity index (χ4v) is 3.65. The lowest BCUT2D eigenvalue weighted by Gasteiger charge is -2.22. The number of halogens is 1. The Labute approximate surface area is 162 Å². The molecule has 4 rings (SSSR count). The maximum absolute atomic E-state index is 13.0. The standard InChI is InChI=1S/C20H19ClN2O4/c1-20(14-6-3-2-4-7-14)18(24)23(19(25)22-20)12-13-10-15(21)17-16(11-13)26-8-5-9-27-17/h2-4,6-7,10-11H,5,8-9,12H2,1H3,(H,22,25)/t20-/m1/s1. The molecule has 0 aromatic heterocycles. The third kappa shape index (κ3) is 3.10. The molecule has 7 heteroatoms. The SMILES string of the molecule is C[C@]1(c2ccccc2)NC(=O)N(Cc2cc(Cl)c3c(c2)OCCCO3)C1=O. The molecule has 0 spiro atoms. The van der Waals surface area contributed by atoms with Gasteiger partial charge in [0.1, 0.15) is 5.54 Å². The molecule has 2 aromatic rings. The van der Waals surface area contributed by atoms with Crippen molar-refractivity contribution < 1.29 is 19.1 Å². The van der Waals surface area contributed by atoms with Crippen LogP contribution in [0.5, 0.6) is 11.5 Å². The summed E-state index contributed by atoms with van der Waals surface area (Å²) in [4.78, 5) is 26.7. The van der Waals surface area contributed by atoms with E-state index in [0.29, 0.717) is 35.3 Å². The van der Waals surface area contributed by atoms with Crippen molar-refractivity contribution in [2.45, 2.75) is 25.4 Å². The predicted octanol–water partition coefficient (Wildman–Crippen LogP) is 3.47. The molecule has 2 aromatic carbocycles. The van der Waals surface area contributed by atoms with Crippen LogP contribution in [-0.4, -0.2) is 30.1 Å². The fourth-order valence-electron chi connectivity index (χ4n) is 3.37. The van der Waals surface area contributed by atoms with Gasteiger partial charge in [0, 0.05) is 6.42 Å². The van der Waals surface area contributed by atoms with E-state index in [4.69, 9.17) is 21.1 Å². The molecule has 6 nitrogen and oxygen atoms in total. The summed E-state index contributed by atoms with van der Waals surface area (Å²) in [6.07, 6.45) is 0.767. The van der Waals surface area contributed by atoms with Crippen molar-refractivity contribution in [1.29, 1.82) is 0 Å². The molecule has 0 radical (unpaired) electrons. The van der Waals surface area contributed by atoms with Gasteiger partial charge in [-0.25, -0.2) is 4.79 Å². The Hall–Kier alpha value is -2.73. The summed E-state index contributed by atoms with van der Waals surface area (Å²) in [7, 11) is 0. The molecule has 1 fully saturated rings. The lowest BCUT2D eigenvalue weighted by molar-refractivity contribution is -0.131. The van der Waals surface area contributed by atoms with Crippen LogP contribution in [0.4, 0.5) is 4.79 Å². The molecular formula is C20H19ClN2O4. The molecule has 0 bridgehead atoms. The Morgan fingerprint density at radius 1 is 1.15 bits per heavy atom. The van der Waals surface area contributed by atoms with Crippen LogP contribution in [0.1, 0.15) is 24.5 Å². The molecule has 1 saturated heterocycles. The monoisotopic (exact) mass is 386 g/mol. The molecule has 1 atom stereocenters. The van der Waals surface area contributed by atoms with Crippen molar-refractivity contribution in [2.24, 2.45) is 0 Å². The third-order valence-electron chi connectivity index (χ3n) is 4.83. The van der Waals surface area contributed by atoms with Gasteiger partial charge in [-0.15, -0.1) is 0 Å². The van der Waals surface area contributed by atoms with Crippen molar-refractivity contribution in [1.82, 2.24) is 10.2 Å². The minimum atomic E-state index is -1.09. The number of fused-ring (bicyclic) bond motifs is 1. The number of hydrogen-bond donors (Lipinski definition) is 1. The maximum Gasteiger partial charge on any atom is 0.325 e. The molecule has 2 heterocycles. The molecule has 27 heavy (non-hydrogen) atoms. The van der Waals surface area contributed by atoms with Crippen molar-refractivity contribution in [3.63, 3.8) is 0 Å². The summed E-state index contributed by atoms with van der Waals surface area (Å²) < 4.78 is 11.3. The number of amides is 3. The molecule has 0 unspecified atom stereocenters. The summed E-state index contributed by atoms with van der Waals surface area (Å²) in [6, 6.07) is 12.2. The molecule has 2 aliphatic rings. The fraction of sp³-hybridized carbons (Fsp3) is 0.300. The first-order valence-electron chi connectivity index (χ1n) is 8.77. The summed E-state index contributed by atoms with van der Waals surface area (Å²) >= 11 is 6.32. The summed E-state index contributed by atoms with van der Waals surface area (Å²) in [5.41, 5.74) is 0.348. The smallest absolute Gasteiger partial charge is 0.325 e. The van der Waals surface area contributed by atoms with Gasteiger partial charge in [0.15, 0.2) is 11.5 Å². The maximum atomic E-state index is 13.0. The molecule has 3 amide bonds. The van der Waals surface area contributed by atoms with E-state index in [1.54, 1.807) is 19.1 Å². The van der Waals surface area contributed by atoms with Crippen molar-refractivity contribution in [3.05, 3.63) is 58.6 Å². The van der Waals surface area contributed by atoms with E-state index in [1.165, 1.54) is 4.90 Å². The Morgan fingerprint density at radius 2 is 1.89 bits per heavy atom. The number of nitrogens with one attached hydrogen (secondary N) is 1. The van der Waals surface area contributed by atoms with Crippen LogP contribution in [-0.2, 0) is 16.9 Å². The zero-order valence-electron chi connectivity index (χ0n) is 14.8. The van der Waals surface area contributed by atoms with Gasteiger partial charge >= 0.3 is 6.03 Å². The number of nitrogens with zero attached hydrogens (tertiary/aromatic N) is 1. The van der Waals surface area contributed by atoms with Gasteiger partial charge in [-0.05, 0) is 30.2 Å². The summed E-state index contributed by atoms with van der Waals surface area (Å²) in [5.74, 6) is 0.735. The highest BCUT2D eigenvalue weighted by Crippen LogP contribution is 2.39. The Morgan fingerprint density at radius 3 is 2.67 bits per heavy atom. The Bertz CT molecular complexity index is 902. The third-order valence-corrected chi connectivity index (χ3v) is 5.11. The normalized spacial score (nSPS) is 21.8. The lowest BCUT2D eigenvalue weighted by Crippen LogP contribution is -2.40. The van der Waals surface area contributed by atoms with Gasteiger partial charge in [0.05, 0.1) is 24.8 Å². The van der Waals surface area contributed by atoms with Gasteiger partial charge in [0.25, 0.3) is 5.91 Å². The number of urea groups is 1. The van der Waals surface area contributed by atoms with Gasteiger partial charge in [-0.2, -0.15) is 0 Å². The van der Waals surface area contributed by atoms with E-state index < -0.39 is 11.6 Å². The summed E-state index contributed by atoms with van der Waals surface area (Å²) in [5, 5.41) is 3.21. The first-order chi connectivity index (χ1) is 13.0. The van der Waals surface area contributed by atoms with Crippen LogP contribution >= 0.6 is 11.6 Å². The summed E-state index contributed by atoms with van der Waals surface area (Å²) in [6.45, 7) is 2.88. The van der Waals surface area contributed by atoms with E-state index >= 15 is 0 Å². The van der Waals surface area contributed by atoms with Crippen LogP contribution in [0, 0.1) is 0 Å². The second kappa shape index (κ2) is 6.78. The van der Waals surface area contributed by atoms with Crippen molar-refractivity contribution in [2.75, 3.05) is 13.2 Å². The van der Waals surface area contributed by atoms with Crippen LogP contribution in [0.15, 0.2) is 42.5 Å². The second-order valence-corrected chi connectivity index (χ2v) is 7.18. The first-order valence-corrected chi connectivity index (χ1v) is 9.14. The van der Waals surface area contributed by atoms with E-state index in [2.05, 4.69) is 5.32 Å². The number of benzene rings is 2. The lowest BCUT2D eigenvalue weighted by atomic mass is 9.92. The molecule has 2 aliphatic heterocycles. The van der Waals surface area contributed by atoms with Crippen LogP contribution < -0.4 is 14.8 Å². The average Bonchev–Trinajstić information content (AvgIpc) is 2.84. The quantitative estimate of drug-likeness (QED) is 0.820. The highest BCUT2D eigenvalue weighted by atomic mass is 35.5. The Kier molecular flexibility index (Phi) is 4.44. The van der Waals surface area contributed by atoms with Crippen molar-refractivity contribution in [3.8, 4) is 11.5 Å². The molecule has 0 saturated carbocycles.